The van der Waals surface area contributed by atoms with Crippen LogP contribution in [0, 0.1) is 6.92 Å². The lowest BCUT2D eigenvalue weighted by Gasteiger charge is -2.26. The van der Waals surface area contributed by atoms with Gasteiger partial charge in [0.25, 0.3) is 0 Å². The Balaban J connectivity index is 1.43. The first-order chi connectivity index (χ1) is 17.2. The van der Waals surface area contributed by atoms with Gasteiger partial charge in [0.15, 0.2) is 0 Å². The van der Waals surface area contributed by atoms with Crippen LogP contribution in [0.3, 0.4) is 0 Å². The summed E-state index contributed by atoms with van der Waals surface area (Å²) in [5.41, 5.74) is 6.06. The highest BCUT2D eigenvalue weighted by Crippen LogP contribution is 2.33. The standard InChI is InChI=1S/C26H28N6O3S/c1-16-4-6-21(13-25(16)36(27,33)34)29-20-7-5-18-14-28-26(30-22(18)12-20)31-23-10-19-15-32(2)9-8-17(19)11-24(23)35-3/h4-7,10-14,29H,8-9,15H2,1-3H3,(H2,27,33,34)(H,28,30,31). The zero-order valence-corrected chi connectivity index (χ0v) is 21.2. The zero-order valence-electron chi connectivity index (χ0n) is 20.4. The van der Waals surface area contributed by atoms with Crippen LogP contribution in [0.25, 0.3) is 10.9 Å². The van der Waals surface area contributed by atoms with Gasteiger partial charge in [-0.3, -0.25) is 0 Å². The lowest BCUT2D eigenvalue weighted by atomic mass is 9.99. The molecule has 0 saturated heterocycles. The molecule has 4 aromatic rings. The summed E-state index contributed by atoms with van der Waals surface area (Å²) >= 11 is 0. The molecule has 36 heavy (non-hydrogen) atoms. The van der Waals surface area contributed by atoms with Gasteiger partial charge in [-0.05, 0) is 79.5 Å². The number of methoxy groups -OCH3 is 1. The highest BCUT2D eigenvalue weighted by molar-refractivity contribution is 7.89. The number of ether oxygens (including phenoxy) is 1. The molecular weight excluding hydrogens is 476 g/mol. The summed E-state index contributed by atoms with van der Waals surface area (Å²) in [4.78, 5) is 11.6. The molecule has 186 valence electrons. The van der Waals surface area contributed by atoms with E-state index in [1.165, 1.54) is 17.2 Å². The fourth-order valence-electron chi connectivity index (χ4n) is 4.43. The van der Waals surface area contributed by atoms with E-state index in [2.05, 4.69) is 39.7 Å². The molecule has 0 spiro atoms. The van der Waals surface area contributed by atoms with Crippen molar-refractivity contribution in [1.82, 2.24) is 14.9 Å². The third kappa shape index (κ3) is 4.97. The summed E-state index contributed by atoms with van der Waals surface area (Å²) in [6.07, 6.45) is 2.75. The monoisotopic (exact) mass is 504 g/mol. The van der Waals surface area contributed by atoms with E-state index in [0.717, 1.165) is 47.5 Å². The van der Waals surface area contributed by atoms with Gasteiger partial charge in [0.1, 0.15) is 5.75 Å². The van der Waals surface area contributed by atoms with Crippen molar-refractivity contribution in [2.75, 3.05) is 31.3 Å². The molecule has 0 bridgehead atoms. The Morgan fingerprint density at radius 1 is 1.03 bits per heavy atom. The van der Waals surface area contributed by atoms with Crippen LogP contribution in [0.4, 0.5) is 23.0 Å². The van der Waals surface area contributed by atoms with E-state index in [4.69, 9.17) is 14.9 Å². The van der Waals surface area contributed by atoms with Gasteiger partial charge in [-0.15, -0.1) is 0 Å². The van der Waals surface area contributed by atoms with Crippen LogP contribution in [0.2, 0.25) is 0 Å². The summed E-state index contributed by atoms with van der Waals surface area (Å²) in [6, 6.07) is 14.9. The number of nitrogens with two attached hydrogens (primary N) is 1. The third-order valence-corrected chi connectivity index (χ3v) is 7.39. The van der Waals surface area contributed by atoms with Gasteiger partial charge < -0.3 is 20.3 Å². The van der Waals surface area contributed by atoms with Crippen molar-refractivity contribution in [2.24, 2.45) is 5.14 Å². The van der Waals surface area contributed by atoms with Crippen molar-refractivity contribution < 1.29 is 13.2 Å². The normalized spacial score (nSPS) is 13.9. The molecule has 4 N–H and O–H groups in total. The maximum atomic E-state index is 11.9. The predicted molar refractivity (Wildman–Crippen MR) is 142 cm³/mol. The number of sulfonamides is 1. The lowest BCUT2D eigenvalue weighted by Crippen LogP contribution is -2.26. The topological polar surface area (TPSA) is 122 Å². The highest BCUT2D eigenvalue weighted by Gasteiger charge is 2.17. The first-order valence-electron chi connectivity index (χ1n) is 11.5. The van der Waals surface area contributed by atoms with E-state index in [0.29, 0.717) is 17.2 Å². The van der Waals surface area contributed by atoms with Crippen LogP contribution < -0.4 is 20.5 Å². The highest BCUT2D eigenvalue weighted by atomic mass is 32.2. The Morgan fingerprint density at radius 2 is 1.81 bits per heavy atom. The average Bonchev–Trinajstić information content (AvgIpc) is 2.84. The first-order valence-corrected chi connectivity index (χ1v) is 13.1. The number of hydrogen-bond donors (Lipinski definition) is 3. The number of nitrogens with one attached hydrogen (secondary N) is 2. The second-order valence-corrected chi connectivity index (χ2v) is 10.6. The number of nitrogens with zero attached hydrogens (tertiary/aromatic N) is 3. The molecule has 1 aliphatic rings. The van der Waals surface area contributed by atoms with Gasteiger partial charge >= 0.3 is 0 Å². The number of fused-ring (bicyclic) bond motifs is 2. The molecule has 1 aromatic heterocycles. The smallest absolute Gasteiger partial charge is 0.238 e. The van der Waals surface area contributed by atoms with E-state index >= 15 is 0 Å². The molecule has 9 nitrogen and oxygen atoms in total. The minimum atomic E-state index is -3.81. The molecule has 0 amide bonds. The van der Waals surface area contributed by atoms with Gasteiger partial charge in [-0.25, -0.2) is 23.5 Å². The van der Waals surface area contributed by atoms with E-state index in [-0.39, 0.29) is 4.90 Å². The number of hydrogen-bond acceptors (Lipinski definition) is 8. The van der Waals surface area contributed by atoms with Crippen LogP contribution in [-0.4, -0.2) is 44.0 Å². The maximum Gasteiger partial charge on any atom is 0.238 e. The molecule has 0 radical (unpaired) electrons. The molecule has 0 aliphatic carbocycles. The average molecular weight is 505 g/mol. The van der Waals surface area contributed by atoms with Crippen LogP contribution in [-0.2, 0) is 23.0 Å². The minimum absolute atomic E-state index is 0.0901. The van der Waals surface area contributed by atoms with Gasteiger partial charge in [-0.2, -0.15) is 0 Å². The molecule has 5 rings (SSSR count). The maximum absolute atomic E-state index is 11.9. The predicted octanol–water partition coefficient (Wildman–Crippen LogP) is 4.07. The number of benzene rings is 3. The van der Waals surface area contributed by atoms with Gasteiger partial charge in [0, 0.05) is 36.0 Å². The number of rotatable bonds is 6. The number of aryl methyl sites for hydroxylation is 1. The largest absolute Gasteiger partial charge is 0.495 e. The molecule has 0 unspecified atom stereocenters. The number of aromatic nitrogens is 2. The lowest BCUT2D eigenvalue weighted by molar-refractivity contribution is 0.312. The van der Waals surface area contributed by atoms with Gasteiger partial charge in [0.2, 0.25) is 16.0 Å². The van der Waals surface area contributed by atoms with E-state index in [1.807, 2.05) is 18.2 Å². The Hall–Kier alpha value is -3.73. The molecule has 0 saturated carbocycles. The molecular formula is C26H28N6O3S. The number of primary sulfonamides is 1. The fraction of sp³-hybridized carbons (Fsp3) is 0.231. The Morgan fingerprint density at radius 3 is 2.58 bits per heavy atom. The molecule has 0 fully saturated rings. The van der Waals surface area contributed by atoms with E-state index in [1.54, 1.807) is 32.4 Å². The van der Waals surface area contributed by atoms with Crippen LogP contribution >= 0.6 is 0 Å². The van der Waals surface area contributed by atoms with Crippen molar-refractivity contribution in [3.63, 3.8) is 0 Å². The quantitative estimate of drug-likeness (QED) is 0.359. The van der Waals surface area contributed by atoms with Crippen molar-refractivity contribution in [2.45, 2.75) is 24.8 Å². The first kappa shape index (κ1) is 24.0. The molecule has 1 aliphatic heterocycles. The van der Waals surface area contributed by atoms with E-state index < -0.39 is 10.0 Å². The molecule has 10 heteroatoms. The summed E-state index contributed by atoms with van der Waals surface area (Å²) in [7, 11) is -0.0390. The van der Waals surface area contributed by atoms with E-state index in [9.17, 15) is 8.42 Å². The van der Waals surface area contributed by atoms with Crippen molar-refractivity contribution in [3.8, 4) is 5.75 Å². The van der Waals surface area contributed by atoms with Crippen LogP contribution in [0.15, 0.2) is 59.6 Å². The second kappa shape index (κ2) is 9.38. The zero-order chi connectivity index (χ0) is 25.4. The SMILES string of the molecule is COc1cc2c(cc1Nc1ncc3ccc(Nc4ccc(C)c(S(N)(=O)=O)c4)cc3n1)CN(C)CC2. The van der Waals surface area contributed by atoms with Crippen molar-refractivity contribution in [3.05, 3.63) is 71.4 Å². The number of anilines is 4. The molecule has 0 atom stereocenters. The van der Waals surface area contributed by atoms with Crippen molar-refractivity contribution >= 4 is 43.9 Å². The summed E-state index contributed by atoms with van der Waals surface area (Å²) < 4.78 is 29.4. The van der Waals surface area contributed by atoms with Gasteiger partial charge in [-0.1, -0.05) is 6.07 Å². The Bertz CT molecular complexity index is 1570. The number of likely N-dealkylation sites (N-methyl/N-ethyl adjacent to an activating group) is 1. The Kier molecular flexibility index (Phi) is 6.25. The summed E-state index contributed by atoms with van der Waals surface area (Å²) in [6.45, 7) is 3.62. The fourth-order valence-corrected chi connectivity index (χ4v) is 5.24. The minimum Gasteiger partial charge on any atom is -0.495 e. The van der Waals surface area contributed by atoms with Crippen molar-refractivity contribution in [1.29, 1.82) is 0 Å². The Labute approximate surface area is 210 Å². The summed E-state index contributed by atoms with van der Waals surface area (Å²) in [5.74, 6) is 1.20. The second-order valence-electron chi connectivity index (χ2n) is 9.05. The molecule has 2 heterocycles. The summed E-state index contributed by atoms with van der Waals surface area (Å²) in [5, 5.41) is 12.8. The van der Waals surface area contributed by atoms with Gasteiger partial charge in [0.05, 0.1) is 23.2 Å². The molecule has 3 aromatic carbocycles. The van der Waals surface area contributed by atoms with Crippen LogP contribution in [0.1, 0.15) is 16.7 Å². The van der Waals surface area contributed by atoms with Crippen LogP contribution in [0.5, 0.6) is 5.75 Å². The third-order valence-electron chi connectivity index (χ3n) is 6.34.